The van der Waals surface area contributed by atoms with E-state index in [0.29, 0.717) is 22.9 Å². The zero-order valence-corrected chi connectivity index (χ0v) is 14.5. The average Bonchev–Trinajstić information content (AvgIpc) is 3.41. The second kappa shape index (κ2) is 6.36. The number of hydrogen-bond acceptors (Lipinski definition) is 4. The van der Waals surface area contributed by atoms with Crippen LogP contribution in [-0.2, 0) is 4.79 Å². The van der Waals surface area contributed by atoms with Crippen LogP contribution in [0.2, 0.25) is 0 Å². The van der Waals surface area contributed by atoms with Crippen LogP contribution in [0, 0.1) is 5.92 Å². The van der Waals surface area contributed by atoms with Gasteiger partial charge in [-0.15, -0.1) is 0 Å². The van der Waals surface area contributed by atoms with E-state index in [0.717, 1.165) is 17.7 Å². The molecule has 1 fully saturated rings. The van der Waals surface area contributed by atoms with Crippen LogP contribution in [0.4, 0.5) is 5.69 Å². The zero-order valence-electron chi connectivity index (χ0n) is 14.5. The van der Waals surface area contributed by atoms with Crippen LogP contribution < -0.4 is 5.32 Å². The molecule has 0 aliphatic heterocycles. The Morgan fingerprint density at radius 2 is 1.96 bits per heavy atom. The standard InChI is InChI=1S/C22H17N3O2/c26-21(18-12-17(18)14-5-2-1-3-6-14)24-16-8-9-20-19(11-16)25-22(27-20)15-7-4-10-23-13-15/h1-11,13,17-18H,12H2,(H,24,26)/t17-,18+/m0/s1. The van der Waals surface area contributed by atoms with Gasteiger partial charge in [-0.05, 0) is 48.2 Å². The van der Waals surface area contributed by atoms with Crippen molar-refractivity contribution in [3.63, 3.8) is 0 Å². The summed E-state index contributed by atoms with van der Waals surface area (Å²) < 4.78 is 5.78. The van der Waals surface area contributed by atoms with Crippen LogP contribution in [-0.4, -0.2) is 15.9 Å². The van der Waals surface area contributed by atoms with Crippen LogP contribution in [0.25, 0.3) is 22.6 Å². The molecule has 1 amide bonds. The number of fused-ring (bicyclic) bond motifs is 1. The van der Waals surface area contributed by atoms with Gasteiger partial charge in [0.05, 0.1) is 5.56 Å². The Kier molecular flexibility index (Phi) is 3.71. The van der Waals surface area contributed by atoms with Gasteiger partial charge in [0.15, 0.2) is 5.58 Å². The number of rotatable bonds is 4. The Morgan fingerprint density at radius 3 is 2.78 bits per heavy atom. The fraction of sp³-hybridized carbons (Fsp3) is 0.136. The maximum absolute atomic E-state index is 12.6. The van der Waals surface area contributed by atoms with Gasteiger partial charge < -0.3 is 9.73 Å². The molecular formula is C22H17N3O2. The van der Waals surface area contributed by atoms with Crippen LogP contribution in [0.1, 0.15) is 17.9 Å². The number of oxazole rings is 1. The van der Waals surface area contributed by atoms with Gasteiger partial charge in [0.25, 0.3) is 0 Å². The van der Waals surface area contributed by atoms with E-state index >= 15 is 0 Å². The number of carbonyl (C=O) groups excluding carboxylic acids is 1. The number of hydrogen-bond donors (Lipinski definition) is 1. The summed E-state index contributed by atoms with van der Waals surface area (Å²) in [6.07, 6.45) is 4.32. The monoisotopic (exact) mass is 355 g/mol. The summed E-state index contributed by atoms with van der Waals surface area (Å²) in [6, 6.07) is 19.5. The predicted molar refractivity (Wildman–Crippen MR) is 103 cm³/mol. The maximum Gasteiger partial charge on any atom is 0.228 e. The first kappa shape index (κ1) is 15.8. The molecule has 1 N–H and O–H groups in total. The molecule has 0 saturated heterocycles. The molecular weight excluding hydrogens is 338 g/mol. The number of benzene rings is 2. The number of amides is 1. The van der Waals surface area contributed by atoms with Crippen LogP contribution in [0.5, 0.6) is 0 Å². The molecule has 2 aromatic heterocycles. The normalized spacial score (nSPS) is 18.4. The van der Waals surface area contributed by atoms with Gasteiger partial charge in [0.1, 0.15) is 5.52 Å². The molecule has 1 aliphatic carbocycles. The van der Waals surface area contributed by atoms with Crippen LogP contribution in [0.3, 0.4) is 0 Å². The van der Waals surface area contributed by atoms with Crippen molar-refractivity contribution < 1.29 is 9.21 Å². The molecule has 0 spiro atoms. The molecule has 1 aliphatic rings. The number of aromatic nitrogens is 2. The van der Waals surface area contributed by atoms with Crippen molar-refractivity contribution in [2.24, 2.45) is 5.92 Å². The minimum atomic E-state index is 0.0337. The molecule has 2 aromatic carbocycles. The number of pyridine rings is 1. The highest BCUT2D eigenvalue weighted by Gasteiger charge is 2.43. The first-order chi connectivity index (χ1) is 13.3. The molecule has 27 heavy (non-hydrogen) atoms. The van der Waals surface area contributed by atoms with Crippen molar-refractivity contribution >= 4 is 22.7 Å². The molecule has 4 aromatic rings. The summed E-state index contributed by atoms with van der Waals surface area (Å²) in [4.78, 5) is 21.2. The van der Waals surface area contributed by atoms with E-state index in [9.17, 15) is 4.79 Å². The van der Waals surface area contributed by atoms with Crippen molar-refractivity contribution in [3.8, 4) is 11.5 Å². The largest absolute Gasteiger partial charge is 0.436 e. The lowest BCUT2D eigenvalue weighted by molar-refractivity contribution is -0.117. The molecule has 2 atom stereocenters. The fourth-order valence-electron chi connectivity index (χ4n) is 3.41. The van der Waals surface area contributed by atoms with E-state index in [4.69, 9.17) is 4.42 Å². The molecule has 2 heterocycles. The second-order valence-electron chi connectivity index (χ2n) is 6.79. The molecule has 132 valence electrons. The number of carbonyl (C=O) groups is 1. The molecule has 0 radical (unpaired) electrons. The minimum absolute atomic E-state index is 0.0337. The number of nitrogens with zero attached hydrogens (tertiary/aromatic N) is 2. The van der Waals surface area contributed by atoms with Crippen molar-refractivity contribution in [3.05, 3.63) is 78.6 Å². The topological polar surface area (TPSA) is 68.0 Å². The van der Waals surface area contributed by atoms with Gasteiger partial charge >= 0.3 is 0 Å². The van der Waals surface area contributed by atoms with Crippen LogP contribution in [0.15, 0.2) is 77.5 Å². The SMILES string of the molecule is O=C(Nc1ccc2oc(-c3cccnc3)nc2c1)[C@@H]1C[C@H]1c1ccccc1. The molecule has 1 saturated carbocycles. The van der Waals surface area contributed by atoms with Crippen molar-refractivity contribution in [1.82, 2.24) is 9.97 Å². The van der Waals surface area contributed by atoms with E-state index in [1.807, 2.05) is 48.5 Å². The minimum Gasteiger partial charge on any atom is -0.436 e. The summed E-state index contributed by atoms with van der Waals surface area (Å²) in [6.45, 7) is 0. The van der Waals surface area contributed by atoms with E-state index in [-0.39, 0.29) is 11.8 Å². The van der Waals surface area contributed by atoms with E-state index in [2.05, 4.69) is 27.4 Å². The summed E-state index contributed by atoms with van der Waals surface area (Å²) in [5.41, 5.74) is 4.17. The Bertz CT molecular complexity index is 1110. The number of anilines is 1. The summed E-state index contributed by atoms with van der Waals surface area (Å²) >= 11 is 0. The Balaban J connectivity index is 1.33. The molecule has 5 nitrogen and oxygen atoms in total. The van der Waals surface area contributed by atoms with Crippen LogP contribution >= 0.6 is 0 Å². The fourth-order valence-corrected chi connectivity index (χ4v) is 3.41. The predicted octanol–water partition coefficient (Wildman–Crippen LogP) is 4.63. The van der Waals surface area contributed by atoms with Gasteiger partial charge in [-0.2, -0.15) is 0 Å². The van der Waals surface area contributed by atoms with E-state index in [1.165, 1.54) is 5.56 Å². The zero-order chi connectivity index (χ0) is 18.2. The van der Waals surface area contributed by atoms with Crippen molar-refractivity contribution in [2.45, 2.75) is 12.3 Å². The summed E-state index contributed by atoms with van der Waals surface area (Å²) in [5, 5.41) is 3.01. The third kappa shape index (κ3) is 3.08. The Hall–Kier alpha value is -3.47. The lowest BCUT2D eigenvalue weighted by Crippen LogP contribution is -2.14. The first-order valence-corrected chi connectivity index (χ1v) is 8.95. The molecule has 0 unspecified atom stereocenters. The highest BCUT2D eigenvalue weighted by atomic mass is 16.3. The Morgan fingerprint density at radius 1 is 1.07 bits per heavy atom. The molecule has 5 heteroatoms. The van der Waals surface area contributed by atoms with Gasteiger partial charge in [-0.25, -0.2) is 4.98 Å². The first-order valence-electron chi connectivity index (χ1n) is 8.95. The van der Waals surface area contributed by atoms with Gasteiger partial charge in [0.2, 0.25) is 11.8 Å². The highest BCUT2D eigenvalue weighted by Crippen LogP contribution is 2.47. The lowest BCUT2D eigenvalue weighted by atomic mass is 10.1. The summed E-state index contributed by atoms with van der Waals surface area (Å²) in [7, 11) is 0. The summed E-state index contributed by atoms with van der Waals surface area (Å²) in [5.74, 6) is 0.928. The van der Waals surface area contributed by atoms with Gasteiger partial charge in [0, 0.05) is 24.0 Å². The van der Waals surface area contributed by atoms with E-state index in [1.54, 1.807) is 12.4 Å². The lowest BCUT2D eigenvalue weighted by Gasteiger charge is -2.04. The molecule has 5 rings (SSSR count). The molecule has 0 bridgehead atoms. The third-order valence-corrected chi connectivity index (χ3v) is 4.92. The van der Waals surface area contributed by atoms with E-state index < -0.39 is 0 Å². The quantitative estimate of drug-likeness (QED) is 0.579. The van der Waals surface area contributed by atoms with Crippen molar-refractivity contribution in [2.75, 3.05) is 5.32 Å². The highest BCUT2D eigenvalue weighted by molar-refractivity contribution is 5.96. The Labute approximate surface area is 156 Å². The van der Waals surface area contributed by atoms with Gasteiger partial charge in [-0.1, -0.05) is 30.3 Å². The van der Waals surface area contributed by atoms with Gasteiger partial charge in [-0.3, -0.25) is 9.78 Å². The maximum atomic E-state index is 12.6. The second-order valence-corrected chi connectivity index (χ2v) is 6.79. The smallest absolute Gasteiger partial charge is 0.228 e. The third-order valence-electron chi connectivity index (χ3n) is 4.92. The number of nitrogens with one attached hydrogen (secondary N) is 1. The van der Waals surface area contributed by atoms with Crippen molar-refractivity contribution in [1.29, 1.82) is 0 Å². The average molecular weight is 355 g/mol.